The van der Waals surface area contributed by atoms with Gasteiger partial charge in [0, 0.05) is 80.5 Å². The number of halogens is 2. The van der Waals surface area contributed by atoms with Gasteiger partial charge in [-0.3, -0.25) is 15.2 Å². The summed E-state index contributed by atoms with van der Waals surface area (Å²) < 4.78 is 28.0. The van der Waals surface area contributed by atoms with Crippen LogP contribution in [0.4, 0.5) is 14.5 Å². The summed E-state index contributed by atoms with van der Waals surface area (Å²) in [6.45, 7) is 5.80. The molecule has 1 aromatic rings. The van der Waals surface area contributed by atoms with Crippen molar-refractivity contribution in [3.63, 3.8) is 0 Å². The van der Waals surface area contributed by atoms with E-state index in [0.29, 0.717) is 49.3 Å². The van der Waals surface area contributed by atoms with E-state index in [2.05, 4.69) is 17.2 Å². The molecule has 9 heteroatoms. The van der Waals surface area contributed by atoms with Crippen molar-refractivity contribution in [3.8, 4) is 0 Å². The number of anilines is 1. The molecule has 178 valence electrons. The lowest BCUT2D eigenvalue weighted by atomic mass is 9.96. The van der Waals surface area contributed by atoms with Crippen molar-refractivity contribution in [2.75, 3.05) is 38.1 Å². The number of aliphatic imine (C=N–C) groups is 1. The summed E-state index contributed by atoms with van der Waals surface area (Å²) in [5, 5.41) is 12.4. The molecular weight excluding hydrogens is 426 g/mol. The Balaban J connectivity index is 2.02. The molecular formula is C24H32F2N6O. The number of fused-ring (bicyclic) bond motifs is 1. The van der Waals surface area contributed by atoms with Crippen molar-refractivity contribution in [1.29, 1.82) is 5.41 Å². The second-order valence-corrected chi connectivity index (χ2v) is 8.20. The first-order valence-corrected chi connectivity index (χ1v) is 11.2. The highest BCUT2D eigenvalue weighted by Gasteiger charge is 2.31. The highest BCUT2D eigenvalue weighted by Crippen LogP contribution is 2.38. The molecule has 0 unspecified atom stereocenters. The molecule has 0 aliphatic carbocycles. The number of hydrogen-bond acceptors (Lipinski definition) is 5. The third-order valence-corrected chi connectivity index (χ3v) is 6.07. The number of nitrogens with zero attached hydrogens (tertiary/aromatic N) is 3. The van der Waals surface area contributed by atoms with Gasteiger partial charge in [0.05, 0.1) is 6.54 Å². The summed E-state index contributed by atoms with van der Waals surface area (Å²) in [5.41, 5.74) is 9.50. The monoisotopic (exact) mass is 458 g/mol. The zero-order valence-corrected chi connectivity index (χ0v) is 19.4. The Kier molecular flexibility index (Phi) is 7.84. The fourth-order valence-corrected chi connectivity index (χ4v) is 4.34. The highest BCUT2D eigenvalue weighted by molar-refractivity contribution is 6.12. The third kappa shape index (κ3) is 5.07. The lowest BCUT2D eigenvalue weighted by Crippen LogP contribution is -2.43. The maximum atomic E-state index is 14.0. The van der Waals surface area contributed by atoms with Crippen LogP contribution in [-0.2, 0) is 11.2 Å². The van der Waals surface area contributed by atoms with Gasteiger partial charge in [-0.2, -0.15) is 0 Å². The zero-order valence-electron chi connectivity index (χ0n) is 19.4. The number of carbonyl (C=O) groups is 1. The Labute approximate surface area is 193 Å². The number of alkyl halides is 2. The lowest BCUT2D eigenvalue weighted by molar-refractivity contribution is -0.128. The van der Waals surface area contributed by atoms with E-state index in [1.165, 1.54) is 25.4 Å². The Morgan fingerprint density at radius 1 is 1.33 bits per heavy atom. The van der Waals surface area contributed by atoms with Crippen molar-refractivity contribution < 1.29 is 13.6 Å². The molecule has 0 spiro atoms. The van der Waals surface area contributed by atoms with Crippen molar-refractivity contribution in [2.45, 2.75) is 39.5 Å². The summed E-state index contributed by atoms with van der Waals surface area (Å²) in [5.74, 6) is 0.205. The summed E-state index contributed by atoms with van der Waals surface area (Å²) >= 11 is 0. The van der Waals surface area contributed by atoms with Crippen LogP contribution in [0.3, 0.4) is 0 Å². The second kappa shape index (κ2) is 10.6. The number of amides is 1. The summed E-state index contributed by atoms with van der Waals surface area (Å²) in [6.07, 6.45) is 2.25. The fraction of sp³-hybridized carbons (Fsp3) is 0.458. The average Bonchev–Trinajstić information content (AvgIpc) is 3.22. The van der Waals surface area contributed by atoms with Crippen LogP contribution in [0.15, 0.2) is 34.6 Å². The van der Waals surface area contributed by atoms with Crippen LogP contribution in [0.5, 0.6) is 0 Å². The molecule has 2 heterocycles. The van der Waals surface area contributed by atoms with E-state index in [-0.39, 0.29) is 17.3 Å². The first-order valence-electron chi connectivity index (χ1n) is 11.2. The van der Waals surface area contributed by atoms with E-state index < -0.39 is 6.43 Å². The summed E-state index contributed by atoms with van der Waals surface area (Å²) in [7, 11) is 1.56. The molecule has 1 aromatic carbocycles. The van der Waals surface area contributed by atoms with Gasteiger partial charge in [-0.15, -0.1) is 0 Å². The van der Waals surface area contributed by atoms with Crippen LogP contribution < -0.4 is 16.0 Å². The van der Waals surface area contributed by atoms with Crippen LogP contribution in [0, 0.1) is 5.41 Å². The largest absolute Gasteiger partial charge is 0.404 e. The zero-order chi connectivity index (χ0) is 24.1. The van der Waals surface area contributed by atoms with Gasteiger partial charge in [0.15, 0.2) is 0 Å². The number of allylic oxidation sites excluding steroid dienone is 1. The average molecular weight is 459 g/mol. The number of benzene rings is 1. The van der Waals surface area contributed by atoms with E-state index in [1.54, 1.807) is 22.9 Å². The standard InChI is InChI=1S/C24H32F2N6O/c1-4-7-30-21-6-8-31(15(2)33)14-20(21)24(28)32-9-5-16-10-18(17(12-27)13-29-3)19(23(25)26)11-22(16)32/h10-13,23,28,30H,4-9,14,27H2,1-3H3/b17-12+,28-24?,29-13?. The van der Waals surface area contributed by atoms with Gasteiger partial charge < -0.3 is 20.9 Å². The van der Waals surface area contributed by atoms with Gasteiger partial charge in [0.25, 0.3) is 6.43 Å². The molecule has 2 aliphatic rings. The molecule has 3 rings (SSSR count). The quantitative estimate of drug-likeness (QED) is 0.431. The minimum Gasteiger partial charge on any atom is -0.404 e. The number of carbonyl (C=O) groups excluding carboxylic acids is 1. The first kappa shape index (κ1) is 24.4. The molecule has 0 saturated carbocycles. The SMILES string of the molecule is CCCNC1=C(C(=N)N2CCc3cc(/C(C=NC)=C/N)c(C(F)F)cc32)CN(C(C)=O)CC1. The number of nitrogens with one attached hydrogen (secondary N) is 2. The molecule has 2 aliphatic heterocycles. The number of hydrogen-bond donors (Lipinski definition) is 3. The van der Waals surface area contributed by atoms with Gasteiger partial charge in [0.2, 0.25) is 5.91 Å². The Bertz CT molecular complexity index is 1010. The third-order valence-electron chi connectivity index (χ3n) is 6.07. The van der Waals surface area contributed by atoms with Crippen molar-refractivity contribution in [3.05, 3.63) is 46.3 Å². The van der Waals surface area contributed by atoms with Gasteiger partial charge in [0.1, 0.15) is 5.84 Å². The molecule has 1 amide bonds. The molecule has 0 aromatic heterocycles. The Morgan fingerprint density at radius 3 is 2.70 bits per heavy atom. The van der Waals surface area contributed by atoms with Crippen molar-refractivity contribution in [2.24, 2.45) is 10.7 Å². The summed E-state index contributed by atoms with van der Waals surface area (Å²) in [6, 6.07) is 3.20. The number of amidine groups is 1. The maximum absolute atomic E-state index is 14.0. The van der Waals surface area contributed by atoms with E-state index in [9.17, 15) is 13.6 Å². The van der Waals surface area contributed by atoms with Crippen molar-refractivity contribution >= 4 is 29.2 Å². The topological polar surface area (TPSA) is 97.8 Å². The van der Waals surface area contributed by atoms with Crippen LogP contribution in [0.2, 0.25) is 0 Å². The molecule has 0 atom stereocenters. The minimum atomic E-state index is -2.70. The molecule has 0 saturated heterocycles. The van der Waals surface area contributed by atoms with E-state index >= 15 is 0 Å². The maximum Gasteiger partial charge on any atom is 0.264 e. The fourth-order valence-electron chi connectivity index (χ4n) is 4.34. The van der Waals surface area contributed by atoms with Gasteiger partial charge in [-0.25, -0.2) is 8.78 Å². The Hall–Kier alpha value is -3.23. The van der Waals surface area contributed by atoms with Gasteiger partial charge in [-0.1, -0.05) is 6.92 Å². The van der Waals surface area contributed by atoms with E-state index in [4.69, 9.17) is 11.1 Å². The minimum absolute atomic E-state index is 0.0417. The predicted molar refractivity (Wildman–Crippen MR) is 129 cm³/mol. The molecule has 33 heavy (non-hydrogen) atoms. The molecule has 4 N–H and O–H groups in total. The second-order valence-electron chi connectivity index (χ2n) is 8.20. The lowest BCUT2D eigenvalue weighted by Gasteiger charge is -2.33. The van der Waals surface area contributed by atoms with Gasteiger partial charge >= 0.3 is 0 Å². The normalized spacial score (nSPS) is 16.7. The summed E-state index contributed by atoms with van der Waals surface area (Å²) in [4.78, 5) is 19.4. The molecule has 0 fully saturated rings. The van der Waals surface area contributed by atoms with E-state index in [0.717, 1.165) is 29.8 Å². The van der Waals surface area contributed by atoms with Gasteiger partial charge in [-0.05, 0) is 36.1 Å². The molecule has 0 bridgehead atoms. The van der Waals surface area contributed by atoms with Crippen LogP contribution in [0.25, 0.3) is 5.57 Å². The van der Waals surface area contributed by atoms with Crippen molar-refractivity contribution in [1.82, 2.24) is 10.2 Å². The molecule has 0 radical (unpaired) electrons. The highest BCUT2D eigenvalue weighted by atomic mass is 19.3. The number of nitrogens with two attached hydrogens (primary N) is 1. The Morgan fingerprint density at radius 2 is 2.09 bits per heavy atom. The predicted octanol–water partition coefficient (Wildman–Crippen LogP) is 3.47. The van der Waals surface area contributed by atoms with Crippen LogP contribution in [-0.4, -0.2) is 56.1 Å². The molecule has 7 nitrogen and oxygen atoms in total. The smallest absolute Gasteiger partial charge is 0.264 e. The van der Waals surface area contributed by atoms with E-state index in [1.807, 2.05) is 0 Å². The number of rotatable bonds is 7. The first-order chi connectivity index (χ1) is 15.8. The van der Waals surface area contributed by atoms with Crippen LogP contribution >= 0.6 is 0 Å². The van der Waals surface area contributed by atoms with Crippen LogP contribution in [0.1, 0.15) is 49.8 Å².